The number of hydrogen-bond acceptors (Lipinski definition) is 5. The van der Waals surface area contributed by atoms with Gasteiger partial charge in [-0.25, -0.2) is 13.1 Å². The molecule has 0 bridgehead atoms. The first-order chi connectivity index (χ1) is 8.88. The van der Waals surface area contributed by atoms with Gasteiger partial charge in [0.25, 0.3) is 5.91 Å². The maximum absolute atomic E-state index is 12.0. The van der Waals surface area contributed by atoms with Crippen molar-refractivity contribution in [1.82, 2.24) is 4.72 Å². The van der Waals surface area contributed by atoms with Crippen LogP contribution in [0, 0.1) is 0 Å². The summed E-state index contributed by atoms with van der Waals surface area (Å²) in [6.45, 7) is 1.77. The number of sulfonamides is 1. The van der Waals surface area contributed by atoms with E-state index in [1.165, 1.54) is 18.2 Å². The minimum atomic E-state index is -3.64. The second kappa shape index (κ2) is 5.16. The minimum absolute atomic E-state index is 0.0534. The molecular formula is C11H15N3O4S. The predicted octanol–water partition coefficient (Wildman–Crippen LogP) is -0.357. The maximum atomic E-state index is 12.0. The van der Waals surface area contributed by atoms with E-state index in [2.05, 4.69) is 10.0 Å². The molecule has 0 aromatic heterocycles. The van der Waals surface area contributed by atoms with Crippen LogP contribution in [0.15, 0.2) is 23.1 Å². The third-order valence-corrected chi connectivity index (χ3v) is 3.91. The Kier molecular flexibility index (Phi) is 3.74. The number of benzene rings is 1. The maximum Gasteiger partial charge on any atom is 0.262 e. The van der Waals surface area contributed by atoms with Gasteiger partial charge >= 0.3 is 0 Å². The molecule has 1 aliphatic rings. The first kappa shape index (κ1) is 13.8. The summed E-state index contributed by atoms with van der Waals surface area (Å²) in [6.07, 6.45) is 0. The monoisotopic (exact) mass is 285 g/mol. The summed E-state index contributed by atoms with van der Waals surface area (Å²) in [5.74, 6) is 0.135. The molecule has 7 nitrogen and oxygen atoms in total. The van der Waals surface area contributed by atoms with Crippen molar-refractivity contribution in [2.75, 3.05) is 18.5 Å². The molecule has 0 radical (unpaired) electrons. The van der Waals surface area contributed by atoms with Gasteiger partial charge in [-0.05, 0) is 25.1 Å². The van der Waals surface area contributed by atoms with E-state index in [1.807, 2.05) is 0 Å². The summed E-state index contributed by atoms with van der Waals surface area (Å²) in [4.78, 5) is 11.2. The van der Waals surface area contributed by atoms with Gasteiger partial charge in [-0.1, -0.05) is 0 Å². The van der Waals surface area contributed by atoms with Crippen LogP contribution in [-0.4, -0.2) is 33.5 Å². The van der Waals surface area contributed by atoms with Crippen molar-refractivity contribution in [1.29, 1.82) is 0 Å². The molecule has 1 aromatic carbocycles. The van der Waals surface area contributed by atoms with Gasteiger partial charge in [0.1, 0.15) is 5.75 Å². The molecule has 8 heteroatoms. The third kappa shape index (κ3) is 3.22. The number of rotatable bonds is 4. The van der Waals surface area contributed by atoms with E-state index in [4.69, 9.17) is 10.5 Å². The lowest BCUT2D eigenvalue weighted by molar-refractivity contribution is -0.118. The first-order valence-electron chi connectivity index (χ1n) is 5.70. The van der Waals surface area contributed by atoms with Gasteiger partial charge in [-0.3, -0.25) is 4.79 Å². The number of amides is 1. The molecule has 1 heterocycles. The highest BCUT2D eigenvalue weighted by molar-refractivity contribution is 7.89. The Hall–Kier alpha value is -1.64. The summed E-state index contributed by atoms with van der Waals surface area (Å²) >= 11 is 0. The average Bonchev–Trinajstić information content (AvgIpc) is 2.35. The quantitative estimate of drug-likeness (QED) is 0.700. The molecule has 0 spiro atoms. The van der Waals surface area contributed by atoms with Crippen LogP contribution in [0.5, 0.6) is 5.75 Å². The number of carbonyl (C=O) groups is 1. The molecule has 1 amide bonds. The van der Waals surface area contributed by atoms with Gasteiger partial charge in [0.15, 0.2) is 6.61 Å². The third-order valence-electron chi connectivity index (χ3n) is 2.49. The van der Waals surface area contributed by atoms with Gasteiger partial charge in [0.2, 0.25) is 10.0 Å². The van der Waals surface area contributed by atoms with Crippen molar-refractivity contribution in [2.45, 2.75) is 17.9 Å². The van der Waals surface area contributed by atoms with E-state index in [-0.39, 0.29) is 30.0 Å². The van der Waals surface area contributed by atoms with Gasteiger partial charge in [-0.2, -0.15) is 0 Å². The van der Waals surface area contributed by atoms with Crippen LogP contribution in [0.25, 0.3) is 0 Å². The van der Waals surface area contributed by atoms with Gasteiger partial charge in [0, 0.05) is 12.6 Å². The second-order valence-corrected chi connectivity index (χ2v) is 6.09. The fourth-order valence-electron chi connectivity index (χ4n) is 1.55. The lowest BCUT2D eigenvalue weighted by Crippen LogP contribution is -2.35. The average molecular weight is 285 g/mol. The molecule has 1 atom stereocenters. The molecule has 0 aliphatic carbocycles. The van der Waals surface area contributed by atoms with Crippen molar-refractivity contribution in [2.24, 2.45) is 5.73 Å². The molecule has 1 aliphatic heterocycles. The number of hydrogen-bond donors (Lipinski definition) is 3. The fourth-order valence-corrected chi connectivity index (χ4v) is 2.72. The molecule has 0 fully saturated rings. The van der Waals surface area contributed by atoms with E-state index < -0.39 is 10.0 Å². The van der Waals surface area contributed by atoms with Crippen LogP contribution < -0.4 is 20.5 Å². The molecule has 2 rings (SSSR count). The minimum Gasteiger partial charge on any atom is -0.482 e. The SMILES string of the molecule is CC(N)CNS(=O)(=O)c1ccc2c(c1)NC(=O)CO2. The van der Waals surface area contributed by atoms with Crippen molar-refractivity contribution < 1.29 is 17.9 Å². The lowest BCUT2D eigenvalue weighted by atomic mass is 10.2. The van der Waals surface area contributed by atoms with Crippen LogP contribution in [0.3, 0.4) is 0 Å². The number of fused-ring (bicyclic) bond motifs is 1. The summed E-state index contributed by atoms with van der Waals surface area (Å²) < 4.78 is 31.5. The predicted molar refractivity (Wildman–Crippen MR) is 69.4 cm³/mol. The number of anilines is 1. The summed E-state index contributed by atoms with van der Waals surface area (Å²) in [5.41, 5.74) is 5.85. The standard InChI is InChI=1S/C11H15N3O4S/c1-7(12)5-13-19(16,17)8-2-3-10-9(4-8)14-11(15)6-18-10/h2-4,7,13H,5-6,12H2,1H3,(H,14,15). The Bertz CT molecular complexity index is 598. The van der Waals surface area contributed by atoms with E-state index >= 15 is 0 Å². The normalized spacial score (nSPS) is 16.2. The Labute approximate surface area is 111 Å². The molecular weight excluding hydrogens is 270 g/mol. The van der Waals surface area contributed by atoms with E-state index in [1.54, 1.807) is 6.92 Å². The van der Waals surface area contributed by atoms with Crippen molar-refractivity contribution in [3.63, 3.8) is 0 Å². The molecule has 1 aromatic rings. The Balaban J connectivity index is 2.26. The Morgan fingerprint density at radius 2 is 2.26 bits per heavy atom. The van der Waals surface area contributed by atoms with Crippen molar-refractivity contribution >= 4 is 21.6 Å². The zero-order valence-electron chi connectivity index (χ0n) is 10.3. The van der Waals surface area contributed by atoms with E-state index in [9.17, 15) is 13.2 Å². The number of nitrogens with one attached hydrogen (secondary N) is 2. The molecule has 0 saturated carbocycles. The molecule has 1 unspecified atom stereocenters. The van der Waals surface area contributed by atoms with E-state index in [0.717, 1.165) is 0 Å². The number of carbonyl (C=O) groups excluding carboxylic acids is 1. The van der Waals surface area contributed by atoms with Crippen LogP contribution in [0.4, 0.5) is 5.69 Å². The topological polar surface area (TPSA) is 111 Å². The summed E-state index contributed by atoms with van der Waals surface area (Å²) in [7, 11) is -3.64. The Morgan fingerprint density at radius 3 is 2.95 bits per heavy atom. The van der Waals surface area contributed by atoms with Crippen molar-refractivity contribution in [3.05, 3.63) is 18.2 Å². The zero-order chi connectivity index (χ0) is 14.0. The van der Waals surface area contributed by atoms with Gasteiger partial charge < -0.3 is 15.8 Å². The van der Waals surface area contributed by atoms with Crippen LogP contribution in [0.2, 0.25) is 0 Å². The first-order valence-corrected chi connectivity index (χ1v) is 7.19. The lowest BCUT2D eigenvalue weighted by Gasteiger charge is -2.18. The van der Waals surface area contributed by atoms with Gasteiger partial charge in [0.05, 0.1) is 10.6 Å². The Morgan fingerprint density at radius 1 is 1.53 bits per heavy atom. The highest BCUT2D eigenvalue weighted by atomic mass is 32.2. The largest absolute Gasteiger partial charge is 0.482 e. The summed E-state index contributed by atoms with van der Waals surface area (Å²) in [6, 6.07) is 4.00. The molecule has 104 valence electrons. The molecule has 0 saturated heterocycles. The van der Waals surface area contributed by atoms with Crippen LogP contribution in [0.1, 0.15) is 6.92 Å². The fraction of sp³-hybridized carbons (Fsp3) is 0.364. The number of nitrogens with two attached hydrogens (primary N) is 1. The summed E-state index contributed by atoms with van der Waals surface area (Å²) in [5, 5.41) is 2.56. The molecule has 4 N–H and O–H groups in total. The zero-order valence-corrected chi connectivity index (χ0v) is 11.2. The van der Waals surface area contributed by atoms with Gasteiger partial charge in [-0.15, -0.1) is 0 Å². The van der Waals surface area contributed by atoms with E-state index in [0.29, 0.717) is 11.4 Å². The highest BCUT2D eigenvalue weighted by Gasteiger charge is 2.20. The van der Waals surface area contributed by atoms with Crippen LogP contribution >= 0.6 is 0 Å². The smallest absolute Gasteiger partial charge is 0.262 e. The van der Waals surface area contributed by atoms with Crippen LogP contribution in [-0.2, 0) is 14.8 Å². The number of ether oxygens (including phenoxy) is 1. The van der Waals surface area contributed by atoms with Crippen molar-refractivity contribution in [3.8, 4) is 5.75 Å². The molecule has 19 heavy (non-hydrogen) atoms. The highest BCUT2D eigenvalue weighted by Crippen LogP contribution is 2.29. The second-order valence-electron chi connectivity index (χ2n) is 4.32.